The first-order chi connectivity index (χ1) is 11.4. The summed E-state index contributed by atoms with van der Waals surface area (Å²) in [5, 5.41) is 0. The normalized spacial score (nSPS) is 28.0. The van der Waals surface area contributed by atoms with Crippen molar-refractivity contribution in [3.05, 3.63) is 41.2 Å². The molecule has 4 rings (SSSR count). The first-order valence-corrected chi connectivity index (χ1v) is 8.33. The molecule has 0 bridgehead atoms. The molecular weight excluding hydrogens is 306 g/mol. The van der Waals surface area contributed by atoms with Crippen molar-refractivity contribution in [2.24, 2.45) is 13.0 Å². The van der Waals surface area contributed by atoms with Crippen LogP contribution in [0.4, 0.5) is 5.69 Å². The van der Waals surface area contributed by atoms with Gasteiger partial charge in [-0.05, 0) is 38.7 Å². The van der Waals surface area contributed by atoms with Crippen LogP contribution < -0.4 is 10.7 Å². The molecule has 2 fully saturated rings. The van der Waals surface area contributed by atoms with Gasteiger partial charge in [-0.1, -0.05) is 6.92 Å². The van der Waals surface area contributed by atoms with E-state index >= 15 is 0 Å². The van der Waals surface area contributed by atoms with Gasteiger partial charge in [-0.2, -0.15) is 0 Å². The highest BCUT2D eigenvalue weighted by Gasteiger charge is 2.49. The van der Waals surface area contributed by atoms with Crippen LogP contribution in [0.15, 0.2) is 39.9 Å². The Labute approximate surface area is 140 Å². The van der Waals surface area contributed by atoms with Crippen LogP contribution in [0.2, 0.25) is 0 Å². The topological polar surface area (TPSA) is 50.9 Å². The van der Waals surface area contributed by atoms with Gasteiger partial charge in [0.1, 0.15) is 5.60 Å². The van der Waals surface area contributed by atoms with E-state index in [0.717, 1.165) is 37.3 Å². The Hall–Kier alpha value is -2.21. The van der Waals surface area contributed by atoms with E-state index in [2.05, 4.69) is 30.4 Å². The number of aryl methyl sites for hydroxylation is 1. The van der Waals surface area contributed by atoms with Crippen LogP contribution in [0, 0.1) is 5.92 Å². The lowest BCUT2D eigenvalue weighted by molar-refractivity contribution is -0.0510. The average molecular weight is 329 g/mol. The maximum absolute atomic E-state index is 11.7. The summed E-state index contributed by atoms with van der Waals surface area (Å²) in [6.07, 6.45) is 1.12. The van der Waals surface area contributed by atoms with Crippen LogP contribution in [0.1, 0.15) is 13.3 Å². The molecule has 2 aliphatic heterocycles. The molecule has 1 aromatic heterocycles. The number of anilines is 1. The summed E-state index contributed by atoms with van der Waals surface area (Å²) >= 11 is 0. The molecule has 0 N–H and O–H groups in total. The monoisotopic (exact) mass is 329 g/mol. The van der Waals surface area contributed by atoms with E-state index in [-0.39, 0.29) is 11.4 Å². The van der Waals surface area contributed by atoms with E-state index in [9.17, 15) is 4.79 Å². The van der Waals surface area contributed by atoms with Crippen molar-refractivity contribution in [1.82, 2.24) is 9.47 Å². The quantitative estimate of drug-likeness (QED) is 0.802. The number of hydrogen-bond donors (Lipinski definition) is 0. The second kappa shape index (κ2) is 5.14. The molecule has 1 aromatic carbocycles. The van der Waals surface area contributed by atoms with Gasteiger partial charge in [-0.15, -0.1) is 0 Å². The van der Waals surface area contributed by atoms with E-state index in [4.69, 9.17) is 9.15 Å². The summed E-state index contributed by atoms with van der Waals surface area (Å²) in [4.78, 5) is 16.1. The first kappa shape index (κ1) is 15.3. The van der Waals surface area contributed by atoms with E-state index in [1.165, 1.54) is 4.57 Å². The molecule has 2 atom stereocenters. The number of likely N-dealkylation sites (N-methyl/N-ethyl adjacent to an activating group) is 1. The Morgan fingerprint density at radius 1 is 1.29 bits per heavy atom. The molecule has 128 valence electrons. The molecule has 0 saturated carbocycles. The minimum Gasteiger partial charge on any atom is -0.469 e. The third-order valence-corrected chi connectivity index (χ3v) is 5.51. The molecule has 1 spiro atoms. The molecule has 3 heterocycles. The third kappa shape index (κ3) is 2.17. The molecule has 24 heavy (non-hydrogen) atoms. The van der Waals surface area contributed by atoms with E-state index in [0.29, 0.717) is 17.4 Å². The average Bonchev–Trinajstić information content (AvgIpc) is 3.01. The highest BCUT2D eigenvalue weighted by Crippen LogP contribution is 2.41. The largest absolute Gasteiger partial charge is 0.469 e. The van der Waals surface area contributed by atoms with Crippen LogP contribution >= 0.6 is 0 Å². The van der Waals surface area contributed by atoms with Crippen LogP contribution in [-0.2, 0) is 11.8 Å². The van der Waals surface area contributed by atoms with Gasteiger partial charge in [-0.25, -0.2) is 4.79 Å². The van der Waals surface area contributed by atoms with Crippen molar-refractivity contribution < 1.29 is 9.15 Å². The molecule has 1 unspecified atom stereocenters. The zero-order valence-corrected chi connectivity index (χ0v) is 14.4. The summed E-state index contributed by atoms with van der Waals surface area (Å²) in [7, 11) is 3.84. The zero-order valence-electron chi connectivity index (χ0n) is 14.4. The van der Waals surface area contributed by atoms with Crippen molar-refractivity contribution >= 4 is 16.8 Å². The summed E-state index contributed by atoms with van der Waals surface area (Å²) in [6.45, 7) is 9.12. The minimum absolute atomic E-state index is 0.226. The minimum atomic E-state index is -0.349. The number of likely N-dealkylation sites (tertiary alicyclic amines) is 1. The fourth-order valence-corrected chi connectivity index (χ4v) is 3.91. The fourth-order valence-electron chi connectivity index (χ4n) is 3.91. The van der Waals surface area contributed by atoms with Crippen molar-refractivity contribution in [2.75, 3.05) is 31.6 Å². The van der Waals surface area contributed by atoms with Gasteiger partial charge in [0.15, 0.2) is 11.5 Å². The lowest BCUT2D eigenvalue weighted by atomic mass is 9.82. The summed E-state index contributed by atoms with van der Waals surface area (Å²) in [6, 6.07) is 5.79. The van der Waals surface area contributed by atoms with Crippen molar-refractivity contribution in [3.63, 3.8) is 0 Å². The predicted molar refractivity (Wildman–Crippen MR) is 93.0 cm³/mol. The van der Waals surface area contributed by atoms with Gasteiger partial charge in [0.25, 0.3) is 0 Å². The van der Waals surface area contributed by atoms with E-state index in [1.807, 2.05) is 18.2 Å². The highest BCUT2D eigenvalue weighted by atomic mass is 16.5. The lowest BCUT2D eigenvalue weighted by Crippen LogP contribution is -2.54. The molecule has 0 aliphatic carbocycles. The van der Waals surface area contributed by atoms with Crippen LogP contribution in [0.3, 0.4) is 0 Å². The SMILES string of the molecule is C=C1O[C@]2(CN(C)CCC2C)CN1c1ccc2c(c1)oc(=O)n2C. The Bertz CT molecular complexity index is 868. The number of ether oxygens (including phenoxy) is 1. The van der Waals surface area contributed by atoms with Crippen molar-refractivity contribution in [2.45, 2.75) is 18.9 Å². The predicted octanol–water partition coefficient (Wildman–Crippen LogP) is 2.15. The maximum Gasteiger partial charge on any atom is 0.419 e. The molecule has 2 aromatic rings. The fraction of sp³-hybridized carbons (Fsp3) is 0.500. The number of aromatic nitrogens is 1. The molecule has 6 nitrogen and oxygen atoms in total. The number of piperidine rings is 1. The molecule has 0 radical (unpaired) electrons. The van der Waals surface area contributed by atoms with E-state index < -0.39 is 0 Å². The second-order valence-electron chi connectivity index (χ2n) is 7.15. The maximum atomic E-state index is 11.7. The number of fused-ring (bicyclic) bond motifs is 1. The Morgan fingerprint density at radius 2 is 2.08 bits per heavy atom. The van der Waals surface area contributed by atoms with E-state index in [1.54, 1.807) is 7.05 Å². The third-order valence-electron chi connectivity index (χ3n) is 5.51. The van der Waals surface area contributed by atoms with Gasteiger partial charge in [0.05, 0.1) is 12.1 Å². The van der Waals surface area contributed by atoms with Gasteiger partial charge in [-0.3, -0.25) is 4.57 Å². The number of benzene rings is 1. The molecule has 2 aliphatic rings. The Balaban J connectivity index is 1.69. The van der Waals surface area contributed by atoms with Crippen LogP contribution in [0.5, 0.6) is 0 Å². The number of hydrogen-bond acceptors (Lipinski definition) is 5. The molecule has 0 amide bonds. The summed E-state index contributed by atoms with van der Waals surface area (Å²) in [5.41, 5.74) is 2.09. The van der Waals surface area contributed by atoms with Gasteiger partial charge < -0.3 is 19.0 Å². The molecule has 6 heteroatoms. The van der Waals surface area contributed by atoms with Gasteiger partial charge in [0, 0.05) is 31.3 Å². The highest BCUT2D eigenvalue weighted by molar-refractivity contribution is 5.78. The number of rotatable bonds is 1. The van der Waals surface area contributed by atoms with Gasteiger partial charge in [0.2, 0.25) is 0 Å². The zero-order chi connectivity index (χ0) is 17.1. The first-order valence-electron chi connectivity index (χ1n) is 8.33. The van der Waals surface area contributed by atoms with Gasteiger partial charge >= 0.3 is 5.76 Å². The molecule has 2 saturated heterocycles. The lowest BCUT2D eigenvalue weighted by Gasteiger charge is -2.42. The smallest absolute Gasteiger partial charge is 0.419 e. The Kier molecular flexibility index (Phi) is 3.28. The van der Waals surface area contributed by atoms with Crippen molar-refractivity contribution in [1.29, 1.82) is 0 Å². The number of oxazole rings is 1. The summed E-state index contributed by atoms with van der Waals surface area (Å²) in [5.74, 6) is 0.779. The number of nitrogens with zero attached hydrogens (tertiary/aromatic N) is 3. The van der Waals surface area contributed by atoms with Crippen molar-refractivity contribution in [3.8, 4) is 0 Å². The molecular formula is C18H23N3O3. The summed E-state index contributed by atoms with van der Waals surface area (Å²) < 4.78 is 13.1. The standard InChI is InChI=1S/C18H23N3O3/c1-12-7-8-19(3)10-18(12)11-21(13(2)24-18)14-5-6-15-16(9-14)23-17(22)20(15)4/h5-6,9,12H,2,7-8,10-11H2,1,3-4H3/t12?,18-/m1/s1. The Morgan fingerprint density at radius 3 is 2.88 bits per heavy atom. The van der Waals surface area contributed by atoms with Crippen LogP contribution in [0.25, 0.3) is 11.1 Å². The second-order valence-corrected chi connectivity index (χ2v) is 7.15. The van der Waals surface area contributed by atoms with Crippen LogP contribution in [-0.4, -0.2) is 41.8 Å².